The summed E-state index contributed by atoms with van der Waals surface area (Å²) in [5.41, 5.74) is -8.81. The zero-order valence-electron chi connectivity index (χ0n) is 6.72. The second-order valence-corrected chi connectivity index (χ2v) is 2.98. The van der Waals surface area contributed by atoms with Crippen molar-refractivity contribution in [3.8, 4) is 0 Å². The van der Waals surface area contributed by atoms with E-state index in [1.54, 1.807) is 0 Å². The highest BCUT2D eigenvalue weighted by Gasteiger charge is 2.71. The highest BCUT2D eigenvalue weighted by Crippen LogP contribution is 2.47. The third-order valence-electron chi connectivity index (χ3n) is 1.58. The fourth-order valence-corrected chi connectivity index (χ4v) is 0.720. The Morgan fingerprint density at radius 2 is 1.15 bits per heavy atom. The molecule has 0 nitrogen and oxygen atoms in total. The van der Waals surface area contributed by atoms with Crippen molar-refractivity contribution >= 4 is 0 Å². The molecule has 0 aliphatic heterocycles. The van der Waals surface area contributed by atoms with E-state index in [0.29, 0.717) is 0 Å². The fourth-order valence-electron chi connectivity index (χ4n) is 0.720. The lowest BCUT2D eigenvalue weighted by Gasteiger charge is -2.34. The maximum Gasteiger partial charge on any atom is 0.431 e. The molecule has 1 unspecified atom stereocenters. The third-order valence-corrected chi connectivity index (χ3v) is 1.58. The molecule has 0 N–H and O–H groups in total. The molecule has 0 aromatic heterocycles. The van der Waals surface area contributed by atoms with Gasteiger partial charge in [-0.15, -0.1) is 0 Å². The number of hydrogen-bond acceptors (Lipinski definition) is 0. The van der Waals surface area contributed by atoms with E-state index in [-0.39, 0.29) is 13.8 Å². The summed E-state index contributed by atoms with van der Waals surface area (Å²) in [4.78, 5) is 0. The summed E-state index contributed by atoms with van der Waals surface area (Å²) in [6, 6.07) is 0. The summed E-state index contributed by atoms with van der Waals surface area (Å²) in [5.74, 6) is 0. The highest BCUT2D eigenvalue weighted by atomic mass is 19.4. The van der Waals surface area contributed by atoms with Crippen molar-refractivity contribution in [1.82, 2.24) is 0 Å². The van der Waals surface area contributed by atoms with E-state index in [1.165, 1.54) is 0 Å². The lowest BCUT2D eigenvalue weighted by atomic mass is 9.89. The van der Waals surface area contributed by atoms with Crippen molar-refractivity contribution in [2.45, 2.75) is 37.8 Å². The van der Waals surface area contributed by atoms with E-state index in [4.69, 9.17) is 0 Å². The van der Waals surface area contributed by atoms with Crippen molar-refractivity contribution in [3.63, 3.8) is 0 Å². The molecule has 0 aliphatic carbocycles. The lowest BCUT2D eigenvalue weighted by molar-refractivity contribution is -0.304. The summed E-state index contributed by atoms with van der Waals surface area (Å²) < 4.78 is 84.0. The summed E-state index contributed by atoms with van der Waals surface area (Å²) in [7, 11) is 0. The first-order chi connectivity index (χ1) is 5.44. The van der Waals surface area contributed by atoms with Crippen molar-refractivity contribution in [2.24, 2.45) is 0 Å². The smallest absolute Gasteiger partial charge is 0.240 e. The topological polar surface area (TPSA) is 0 Å². The Kier molecular flexibility index (Phi) is 2.91. The van der Waals surface area contributed by atoms with Crippen LogP contribution in [0.25, 0.3) is 0 Å². The second kappa shape index (κ2) is 3.02. The van der Waals surface area contributed by atoms with Crippen LogP contribution in [-0.4, -0.2) is 23.9 Å². The predicted molar refractivity (Wildman–Crippen MR) is 31.1 cm³/mol. The molecule has 0 rings (SSSR count). The molecule has 13 heavy (non-hydrogen) atoms. The first-order valence-electron chi connectivity index (χ1n) is 3.17. The average Bonchev–Trinajstić information content (AvgIpc) is 1.80. The van der Waals surface area contributed by atoms with Gasteiger partial charge in [-0.25, -0.2) is 17.6 Å². The third kappa shape index (κ3) is 1.88. The van der Waals surface area contributed by atoms with Gasteiger partial charge in [0.15, 0.2) is 5.67 Å². The van der Waals surface area contributed by atoms with Crippen molar-refractivity contribution in [3.05, 3.63) is 0 Å². The molecule has 7 heteroatoms. The quantitative estimate of drug-likeness (QED) is 0.616. The van der Waals surface area contributed by atoms with Crippen LogP contribution in [0.5, 0.6) is 0 Å². The Morgan fingerprint density at radius 1 is 0.846 bits per heavy atom. The predicted octanol–water partition coefficient (Wildman–Crippen LogP) is 3.27. The minimum absolute atomic E-state index is 0.118. The van der Waals surface area contributed by atoms with Crippen LogP contribution in [0.4, 0.5) is 30.7 Å². The zero-order valence-corrected chi connectivity index (χ0v) is 6.72. The largest absolute Gasteiger partial charge is 0.431 e. The summed E-state index contributed by atoms with van der Waals surface area (Å²) in [6.07, 6.45) is -10.4. The molecular weight excluding hydrogens is 205 g/mol. The molecule has 0 bridgehead atoms. The Balaban J connectivity index is 5.22. The first-order valence-corrected chi connectivity index (χ1v) is 3.17. The number of rotatable bonds is 2. The van der Waals surface area contributed by atoms with Gasteiger partial charge in [-0.1, -0.05) is 0 Å². The molecule has 0 saturated heterocycles. The lowest BCUT2D eigenvalue weighted by Crippen LogP contribution is -2.59. The Hall–Kier alpha value is -0.490. The van der Waals surface area contributed by atoms with Crippen LogP contribution in [0.15, 0.2) is 0 Å². The van der Waals surface area contributed by atoms with Crippen LogP contribution < -0.4 is 0 Å². The molecule has 1 atom stereocenters. The average molecular weight is 212 g/mol. The van der Waals surface area contributed by atoms with Gasteiger partial charge in [0.1, 0.15) is 0 Å². The molecular formula is C6H7F7. The molecule has 0 aliphatic rings. The molecule has 0 fully saturated rings. The van der Waals surface area contributed by atoms with Crippen LogP contribution in [0.2, 0.25) is 0 Å². The van der Waals surface area contributed by atoms with Gasteiger partial charge in [0.25, 0.3) is 12.1 Å². The van der Waals surface area contributed by atoms with Crippen LogP contribution in [0.1, 0.15) is 13.8 Å². The summed E-state index contributed by atoms with van der Waals surface area (Å²) >= 11 is 0. The maximum atomic E-state index is 12.7. The molecule has 80 valence electrons. The monoisotopic (exact) mass is 212 g/mol. The summed E-state index contributed by atoms with van der Waals surface area (Å²) in [5, 5.41) is 0. The number of halogens is 7. The van der Waals surface area contributed by atoms with Crippen molar-refractivity contribution < 1.29 is 30.7 Å². The van der Waals surface area contributed by atoms with Gasteiger partial charge in [0.2, 0.25) is 0 Å². The zero-order chi connectivity index (χ0) is 11.1. The Labute approximate surface area is 69.7 Å². The molecule has 0 amide bonds. The number of hydrogen-bond donors (Lipinski definition) is 0. The molecule has 0 heterocycles. The van der Waals surface area contributed by atoms with Gasteiger partial charge >= 0.3 is 6.18 Å². The van der Waals surface area contributed by atoms with E-state index in [1.807, 2.05) is 0 Å². The number of alkyl halides is 7. The van der Waals surface area contributed by atoms with Crippen molar-refractivity contribution in [2.75, 3.05) is 0 Å². The van der Waals surface area contributed by atoms with Gasteiger partial charge in [0.05, 0.1) is 0 Å². The van der Waals surface area contributed by atoms with E-state index in [0.717, 1.165) is 0 Å². The van der Waals surface area contributed by atoms with Gasteiger partial charge in [-0.3, -0.25) is 0 Å². The van der Waals surface area contributed by atoms with Crippen molar-refractivity contribution in [1.29, 1.82) is 0 Å². The van der Waals surface area contributed by atoms with Crippen LogP contribution in [0.3, 0.4) is 0 Å². The van der Waals surface area contributed by atoms with Gasteiger partial charge < -0.3 is 0 Å². The van der Waals surface area contributed by atoms with Crippen LogP contribution >= 0.6 is 0 Å². The van der Waals surface area contributed by atoms with E-state index >= 15 is 0 Å². The molecule has 0 saturated carbocycles. The Bertz CT molecular complexity index is 160. The summed E-state index contributed by atoms with van der Waals surface area (Å²) in [6.45, 7) is 0.235. The van der Waals surface area contributed by atoms with Gasteiger partial charge in [-0.2, -0.15) is 13.2 Å². The maximum absolute atomic E-state index is 12.7. The first kappa shape index (κ1) is 12.5. The second-order valence-electron chi connectivity index (χ2n) is 2.98. The van der Waals surface area contributed by atoms with E-state index in [9.17, 15) is 30.7 Å². The van der Waals surface area contributed by atoms with Crippen LogP contribution in [-0.2, 0) is 0 Å². The highest BCUT2D eigenvalue weighted by molar-refractivity contribution is 5.02. The minimum atomic E-state index is -5.93. The van der Waals surface area contributed by atoms with E-state index < -0.39 is 23.9 Å². The molecule has 0 radical (unpaired) electrons. The van der Waals surface area contributed by atoms with Crippen LogP contribution in [0, 0.1) is 0 Å². The molecule has 0 aromatic carbocycles. The van der Waals surface area contributed by atoms with Gasteiger partial charge in [0, 0.05) is 0 Å². The van der Waals surface area contributed by atoms with Gasteiger partial charge in [-0.05, 0) is 13.8 Å². The minimum Gasteiger partial charge on any atom is -0.240 e. The SMILES string of the molecule is CC(C)(F)C(F)(C(F)F)C(F)(F)F. The molecule has 0 spiro atoms. The Morgan fingerprint density at radius 3 is 1.15 bits per heavy atom. The van der Waals surface area contributed by atoms with E-state index in [2.05, 4.69) is 0 Å². The molecule has 0 aromatic rings. The fraction of sp³-hybridized carbons (Fsp3) is 1.00. The normalized spacial score (nSPS) is 18.9. The standard InChI is InChI=1S/C6H7F7/c1-4(2,9)5(10,3(7)8)6(11,12)13/h3H,1-2H3.